The van der Waals surface area contributed by atoms with E-state index in [1.807, 2.05) is 17.2 Å². The topological polar surface area (TPSA) is 50.3 Å². The lowest BCUT2D eigenvalue weighted by Crippen LogP contribution is -2.38. The van der Waals surface area contributed by atoms with E-state index in [1.54, 1.807) is 29.5 Å². The predicted molar refractivity (Wildman–Crippen MR) is 91.2 cm³/mol. The summed E-state index contributed by atoms with van der Waals surface area (Å²) in [4.78, 5) is 32.0. The number of rotatable bonds is 3. The molecule has 0 bridgehead atoms. The molecule has 1 amide bonds. The van der Waals surface area contributed by atoms with Gasteiger partial charge in [0.15, 0.2) is 5.78 Å². The van der Waals surface area contributed by atoms with Gasteiger partial charge in [0, 0.05) is 35.6 Å². The van der Waals surface area contributed by atoms with Gasteiger partial charge in [0.25, 0.3) is 5.91 Å². The molecule has 0 N–H and O–H groups in total. The van der Waals surface area contributed by atoms with E-state index in [1.165, 1.54) is 16.8 Å². The number of likely N-dealkylation sites (tertiary alicyclic amines) is 1. The molecule has 1 aromatic heterocycles. The van der Waals surface area contributed by atoms with E-state index < -0.39 is 0 Å². The Kier molecular flexibility index (Phi) is 4.57. The summed E-state index contributed by atoms with van der Waals surface area (Å²) in [5.74, 6) is 0.340. The fraction of sp³-hybridized carbons (Fsp3) is 0.389. The average Bonchev–Trinajstić information content (AvgIpc) is 3.01. The SMILES string of the molecule is CC(=O)c1ccccc1C(=O)N1CCC(c2ncc(C)s2)CC1. The number of carbonyl (C=O) groups is 2. The van der Waals surface area contributed by atoms with Gasteiger partial charge in [0.05, 0.1) is 10.6 Å². The summed E-state index contributed by atoms with van der Waals surface area (Å²) in [6.45, 7) is 5.00. The molecule has 0 atom stereocenters. The molecule has 23 heavy (non-hydrogen) atoms. The molecule has 0 radical (unpaired) electrons. The third kappa shape index (κ3) is 3.34. The van der Waals surface area contributed by atoms with E-state index in [4.69, 9.17) is 0 Å². The Bertz CT molecular complexity index is 730. The van der Waals surface area contributed by atoms with Gasteiger partial charge in [0.1, 0.15) is 0 Å². The number of carbonyl (C=O) groups excluding carboxylic acids is 2. The van der Waals surface area contributed by atoms with Crippen molar-refractivity contribution in [1.82, 2.24) is 9.88 Å². The largest absolute Gasteiger partial charge is 0.339 e. The van der Waals surface area contributed by atoms with Gasteiger partial charge in [-0.2, -0.15) is 0 Å². The Morgan fingerprint density at radius 3 is 2.39 bits per heavy atom. The predicted octanol–water partition coefficient (Wildman–Crippen LogP) is 3.67. The van der Waals surface area contributed by atoms with Crippen LogP contribution in [-0.2, 0) is 0 Å². The van der Waals surface area contributed by atoms with E-state index in [9.17, 15) is 9.59 Å². The van der Waals surface area contributed by atoms with Gasteiger partial charge in [-0.25, -0.2) is 4.98 Å². The Hall–Kier alpha value is -2.01. The van der Waals surface area contributed by atoms with Crippen LogP contribution >= 0.6 is 11.3 Å². The molecular formula is C18H20N2O2S. The van der Waals surface area contributed by atoms with Crippen molar-refractivity contribution in [2.24, 2.45) is 0 Å². The maximum atomic E-state index is 12.7. The molecule has 4 nitrogen and oxygen atoms in total. The monoisotopic (exact) mass is 328 g/mol. The summed E-state index contributed by atoms with van der Waals surface area (Å²) >= 11 is 1.75. The van der Waals surface area contributed by atoms with Crippen molar-refractivity contribution in [2.75, 3.05) is 13.1 Å². The van der Waals surface area contributed by atoms with Gasteiger partial charge in [-0.15, -0.1) is 11.3 Å². The zero-order chi connectivity index (χ0) is 16.4. The number of benzene rings is 1. The number of thiazole rings is 1. The van der Waals surface area contributed by atoms with Crippen LogP contribution in [0.1, 0.15) is 56.3 Å². The number of piperidine rings is 1. The summed E-state index contributed by atoms with van der Waals surface area (Å²) in [5, 5.41) is 1.18. The minimum absolute atomic E-state index is 0.0374. The highest BCUT2D eigenvalue weighted by Crippen LogP contribution is 2.31. The van der Waals surface area contributed by atoms with Crippen LogP contribution in [0.25, 0.3) is 0 Å². The van der Waals surface area contributed by atoms with Crippen molar-refractivity contribution in [1.29, 1.82) is 0 Å². The Labute approximate surface area is 140 Å². The molecule has 0 aliphatic carbocycles. The van der Waals surface area contributed by atoms with Crippen molar-refractivity contribution in [2.45, 2.75) is 32.6 Å². The van der Waals surface area contributed by atoms with Crippen LogP contribution < -0.4 is 0 Å². The molecule has 120 valence electrons. The minimum atomic E-state index is -0.0675. The lowest BCUT2D eigenvalue weighted by molar-refractivity contribution is 0.0708. The summed E-state index contributed by atoms with van der Waals surface area (Å²) in [7, 11) is 0. The van der Waals surface area contributed by atoms with Gasteiger partial charge in [-0.1, -0.05) is 18.2 Å². The van der Waals surface area contributed by atoms with Crippen LogP contribution in [0, 0.1) is 6.92 Å². The van der Waals surface area contributed by atoms with Gasteiger partial charge in [-0.3, -0.25) is 9.59 Å². The lowest BCUT2D eigenvalue weighted by Gasteiger charge is -2.31. The standard InChI is InChI=1S/C18H20N2O2S/c1-12-11-19-17(23-12)14-7-9-20(10-8-14)18(22)16-6-4-3-5-15(16)13(2)21/h3-6,11,14H,7-10H2,1-2H3. The van der Waals surface area contributed by atoms with Crippen LogP contribution in [0.5, 0.6) is 0 Å². The smallest absolute Gasteiger partial charge is 0.254 e. The van der Waals surface area contributed by atoms with Crippen molar-refractivity contribution in [3.63, 3.8) is 0 Å². The maximum Gasteiger partial charge on any atom is 0.254 e. The first-order valence-corrected chi connectivity index (χ1v) is 8.69. The quantitative estimate of drug-likeness (QED) is 0.808. The van der Waals surface area contributed by atoms with E-state index in [-0.39, 0.29) is 11.7 Å². The van der Waals surface area contributed by atoms with E-state index >= 15 is 0 Å². The normalized spacial score (nSPS) is 15.7. The molecular weight excluding hydrogens is 308 g/mol. The summed E-state index contributed by atoms with van der Waals surface area (Å²) < 4.78 is 0. The van der Waals surface area contributed by atoms with Crippen molar-refractivity contribution in [3.05, 3.63) is 51.5 Å². The second-order valence-corrected chi connectivity index (χ2v) is 7.24. The Morgan fingerprint density at radius 2 is 1.83 bits per heavy atom. The molecule has 1 aliphatic heterocycles. The van der Waals surface area contributed by atoms with Crippen LogP contribution in [0.15, 0.2) is 30.5 Å². The molecule has 0 saturated carbocycles. The molecule has 1 aromatic carbocycles. The first-order valence-electron chi connectivity index (χ1n) is 7.88. The Morgan fingerprint density at radius 1 is 1.17 bits per heavy atom. The number of hydrogen-bond donors (Lipinski definition) is 0. The average molecular weight is 328 g/mol. The number of aromatic nitrogens is 1. The summed E-state index contributed by atoms with van der Waals surface area (Å²) in [6, 6.07) is 7.07. The van der Waals surface area contributed by atoms with E-state index in [0.717, 1.165) is 12.8 Å². The Balaban J connectivity index is 1.70. The molecule has 1 aliphatic rings. The fourth-order valence-corrected chi connectivity index (χ4v) is 3.98. The molecule has 0 spiro atoms. The van der Waals surface area contributed by atoms with Gasteiger partial charge in [0.2, 0.25) is 0 Å². The summed E-state index contributed by atoms with van der Waals surface area (Å²) in [5.41, 5.74) is 1.03. The highest BCUT2D eigenvalue weighted by atomic mass is 32.1. The van der Waals surface area contributed by atoms with Crippen molar-refractivity contribution < 1.29 is 9.59 Å². The second kappa shape index (κ2) is 6.62. The highest BCUT2D eigenvalue weighted by Gasteiger charge is 2.27. The van der Waals surface area contributed by atoms with Crippen LogP contribution in [0.3, 0.4) is 0 Å². The number of hydrogen-bond acceptors (Lipinski definition) is 4. The van der Waals surface area contributed by atoms with Gasteiger partial charge < -0.3 is 4.90 Å². The van der Waals surface area contributed by atoms with Crippen molar-refractivity contribution in [3.8, 4) is 0 Å². The molecule has 0 unspecified atom stereocenters. The van der Waals surface area contributed by atoms with E-state index in [2.05, 4.69) is 11.9 Å². The molecule has 2 heterocycles. The molecule has 2 aromatic rings. The first kappa shape index (κ1) is 15.9. The number of ketones is 1. The maximum absolute atomic E-state index is 12.7. The number of Topliss-reactive ketones (excluding diaryl/α,β-unsaturated/α-hetero) is 1. The number of amides is 1. The number of nitrogens with zero attached hydrogens (tertiary/aromatic N) is 2. The van der Waals surface area contributed by atoms with Gasteiger partial charge in [-0.05, 0) is 32.8 Å². The van der Waals surface area contributed by atoms with E-state index in [0.29, 0.717) is 30.1 Å². The molecule has 5 heteroatoms. The van der Waals surface area contributed by atoms with Gasteiger partial charge >= 0.3 is 0 Å². The van der Waals surface area contributed by atoms with Crippen LogP contribution in [0.4, 0.5) is 0 Å². The fourth-order valence-electron chi connectivity index (χ4n) is 3.04. The summed E-state index contributed by atoms with van der Waals surface area (Å²) in [6.07, 6.45) is 3.78. The highest BCUT2D eigenvalue weighted by molar-refractivity contribution is 7.11. The first-order chi connectivity index (χ1) is 11.1. The zero-order valence-corrected chi connectivity index (χ0v) is 14.2. The molecule has 1 saturated heterocycles. The van der Waals surface area contributed by atoms with Crippen LogP contribution in [-0.4, -0.2) is 34.7 Å². The number of aryl methyl sites for hydroxylation is 1. The zero-order valence-electron chi connectivity index (χ0n) is 13.4. The second-order valence-electron chi connectivity index (χ2n) is 5.98. The minimum Gasteiger partial charge on any atom is -0.339 e. The third-order valence-electron chi connectivity index (χ3n) is 4.31. The molecule has 1 fully saturated rings. The van der Waals surface area contributed by atoms with Crippen LogP contribution in [0.2, 0.25) is 0 Å². The third-order valence-corrected chi connectivity index (χ3v) is 5.38. The molecule has 3 rings (SSSR count). The lowest BCUT2D eigenvalue weighted by atomic mass is 9.96. The van der Waals surface area contributed by atoms with Crippen molar-refractivity contribution >= 4 is 23.0 Å².